The lowest BCUT2D eigenvalue weighted by atomic mass is 10.1. The summed E-state index contributed by atoms with van der Waals surface area (Å²) < 4.78 is 8.43. The molecule has 2 aromatic carbocycles. The van der Waals surface area contributed by atoms with Crippen molar-refractivity contribution < 1.29 is 9.53 Å². The lowest BCUT2D eigenvalue weighted by Crippen LogP contribution is -2.07. The van der Waals surface area contributed by atoms with Crippen LogP contribution in [0, 0.1) is 13.8 Å². The van der Waals surface area contributed by atoms with Crippen LogP contribution < -0.4 is 4.74 Å². The molecule has 0 N–H and O–H groups in total. The predicted molar refractivity (Wildman–Crippen MR) is 118 cm³/mol. The fourth-order valence-electron chi connectivity index (χ4n) is 3.08. The number of ether oxygens (including phenoxy) is 1. The zero-order valence-corrected chi connectivity index (χ0v) is 18.6. The Morgan fingerprint density at radius 3 is 2.43 bits per heavy atom. The minimum absolute atomic E-state index is 0.371. The van der Waals surface area contributed by atoms with Gasteiger partial charge in [0.1, 0.15) is 21.2 Å². The molecule has 0 fully saturated rings. The van der Waals surface area contributed by atoms with Crippen molar-refractivity contribution >= 4 is 55.1 Å². The smallest absolute Gasteiger partial charge is 0.353 e. The molecule has 7 heteroatoms. The van der Waals surface area contributed by atoms with E-state index >= 15 is 0 Å². The first-order valence-corrected chi connectivity index (χ1v) is 10.5. The molecule has 142 valence electrons. The van der Waals surface area contributed by atoms with E-state index in [-0.39, 0.29) is 5.97 Å². The summed E-state index contributed by atoms with van der Waals surface area (Å²) in [5.41, 5.74) is 3.81. The van der Waals surface area contributed by atoms with Gasteiger partial charge in [0, 0.05) is 27.5 Å². The van der Waals surface area contributed by atoms with Gasteiger partial charge in [-0.05, 0) is 55.3 Å². The molecule has 2 heterocycles. The second-order valence-corrected chi connectivity index (χ2v) is 8.83. The maximum absolute atomic E-state index is 12.7. The van der Waals surface area contributed by atoms with Crippen LogP contribution in [0.1, 0.15) is 20.8 Å². The standard InChI is InChI=1S/C21H16BrClN2O2S/c1-11-8-15(9-12(2)18(11)22)27-21(26)17-10-16-19(24-25(3)20(16)28-17)13-4-6-14(23)7-5-13/h4-10H,1-3H3. The highest BCUT2D eigenvalue weighted by molar-refractivity contribution is 9.10. The van der Waals surface area contributed by atoms with Gasteiger partial charge >= 0.3 is 5.97 Å². The average Bonchev–Trinajstić information content (AvgIpc) is 3.21. The topological polar surface area (TPSA) is 44.1 Å². The SMILES string of the molecule is Cc1cc(OC(=O)c2cc3c(-c4ccc(Cl)cc4)nn(C)c3s2)cc(C)c1Br. The number of rotatable bonds is 3. The second kappa shape index (κ2) is 7.35. The van der Waals surface area contributed by atoms with Gasteiger partial charge in [-0.15, -0.1) is 11.3 Å². The molecule has 0 radical (unpaired) electrons. The van der Waals surface area contributed by atoms with Gasteiger partial charge in [0.15, 0.2) is 0 Å². The van der Waals surface area contributed by atoms with E-state index < -0.39 is 0 Å². The Kier molecular flexibility index (Phi) is 5.04. The molecule has 28 heavy (non-hydrogen) atoms. The molecule has 4 aromatic rings. The molecule has 0 saturated carbocycles. The van der Waals surface area contributed by atoms with E-state index in [1.807, 2.05) is 63.4 Å². The molecule has 4 nitrogen and oxygen atoms in total. The fraction of sp³-hybridized carbons (Fsp3) is 0.143. The monoisotopic (exact) mass is 474 g/mol. The van der Waals surface area contributed by atoms with Gasteiger partial charge in [0.2, 0.25) is 0 Å². The minimum atomic E-state index is -0.371. The molecule has 2 aromatic heterocycles. The molecule has 4 rings (SSSR count). The molecule has 0 amide bonds. The van der Waals surface area contributed by atoms with Crippen LogP contribution in [0.4, 0.5) is 0 Å². The van der Waals surface area contributed by atoms with Crippen LogP contribution in [0.3, 0.4) is 0 Å². The first-order chi connectivity index (χ1) is 13.3. The van der Waals surface area contributed by atoms with Crippen LogP contribution in [0.5, 0.6) is 5.75 Å². The Morgan fingerprint density at radius 2 is 1.79 bits per heavy atom. The third-order valence-electron chi connectivity index (χ3n) is 4.45. The highest BCUT2D eigenvalue weighted by atomic mass is 79.9. The summed E-state index contributed by atoms with van der Waals surface area (Å²) in [6.07, 6.45) is 0. The minimum Gasteiger partial charge on any atom is -0.422 e. The number of halogens is 2. The van der Waals surface area contributed by atoms with Crippen molar-refractivity contribution in [3.8, 4) is 17.0 Å². The summed E-state index contributed by atoms with van der Waals surface area (Å²) in [5.74, 6) is 0.168. The molecule has 0 spiro atoms. The van der Waals surface area contributed by atoms with Crippen molar-refractivity contribution in [3.05, 3.63) is 68.0 Å². The third kappa shape index (κ3) is 3.48. The Morgan fingerprint density at radius 1 is 1.14 bits per heavy atom. The second-order valence-electron chi connectivity index (χ2n) is 6.57. The van der Waals surface area contributed by atoms with E-state index in [0.29, 0.717) is 15.6 Å². The van der Waals surface area contributed by atoms with Crippen molar-refractivity contribution in [2.75, 3.05) is 0 Å². The molecule has 0 aliphatic rings. The van der Waals surface area contributed by atoms with Crippen molar-refractivity contribution in [2.24, 2.45) is 7.05 Å². The maximum Gasteiger partial charge on any atom is 0.353 e. The average molecular weight is 476 g/mol. The zero-order chi connectivity index (χ0) is 20.0. The normalized spacial score (nSPS) is 11.2. The molecule has 0 aliphatic carbocycles. The van der Waals surface area contributed by atoms with E-state index in [1.54, 1.807) is 4.68 Å². The van der Waals surface area contributed by atoms with Gasteiger partial charge < -0.3 is 4.74 Å². The Hall–Kier alpha value is -2.15. The first-order valence-electron chi connectivity index (χ1n) is 8.55. The van der Waals surface area contributed by atoms with Gasteiger partial charge in [-0.3, -0.25) is 4.68 Å². The van der Waals surface area contributed by atoms with Crippen LogP contribution in [0.2, 0.25) is 5.02 Å². The summed E-state index contributed by atoms with van der Waals surface area (Å²) >= 11 is 10.9. The van der Waals surface area contributed by atoms with E-state index in [0.717, 1.165) is 37.1 Å². The molecular weight excluding hydrogens is 460 g/mol. The van der Waals surface area contributed by atoms with Gasteiger partial charge in [-0.2, -0.15) is 5.10 Å². The van der Waals surface area contributed by atoms with E-state index in [9.17, 15) is 4.79 Å². The summed E-state index contributed by atoms with van der Waals surface area (Å²) in [6, 6.07) is 13.1. The number of hydrogen-bond acceptors (Lipinski definition) is 4. The lowest BCUT2D eigenvalue weighted by Gasteiger charge is -2.08. The van der Waals surface area contributed by atoms with Crippen molar-refractivity contribution in [1.29, 1.82) is 0 Å². The fourth-order valence-corrected chi connectivity index (χ4v) is 4.39. The molecular formula is C21H16BrClN2O2S. The predicted octanol–water partition coefficient (Wildman–Crippen LogP) is 6.55. The van der Waals surface area contributed by atoms with Gasteiger partial charge in [-0.1, -0.05) is 39.7 Å². The summed E-state index contributed by atoms with van der Waals surface area (Å²) in [5, 5.41) is 6.19. The highest BCUT2D eigenvalue weighted by Crippen LogP contribution is 2.35. The maximum atomic E-state index is 12.7. The number of aromatic nitrogens is 2. The number of carbonyl (C=O) groups is 1. The molecule has 0 bridgehead atoms. The molecule has 0 saturated heterocycles. The molecule has 0 atom stereocenters. The molecule has 0 aliphatic heterocycles. The Bertz CT molecular complexity index is 1190. The highest BCUT2D eigenvalue weighted by Gasteiger charge is 2.19. The zero-order valence-electron chi connectivity index (χ0n) is 15.4. The van der Waals surface area contributed by atoms with Crippen LogP contribution >= 0.6 is 38.9 Å². The number of thiophene rings is 1. The summed E-state index contributed by atoms with van der Waals surface area (Å²) in [6.45, 7) is 3.94. The van der Waals surface area contributed by atoms with Crippen molar-refractivity contribution in [3.63, 3.8) is 0 Å². The Balaban J connectivity index is 1.69. The Labute approximate surface area is 179 Å². The number of hydrogen-bond donors (Lipinski definition) is 0. The third-order valence-corrected chi connectivity index (χ3v) is 7.14. The van der Waals surface area contributed by atoms with Gasteiger partial charge in [0.05, 0.1) is 0 Å². The molecule has 0 unspecified atom stereocenters. The van der Waals surface area contributed by atoms with Gasteiger partial charge in [0.25, 0.3) is 0 Å². The van der Waals surface area contributed by atoms with E-state index in [1.165, 1.54) is 11.3 Å². The number of aryl methyl sites for hydroxylation is 3. The number of benzene rings is 2. The number of carbonyl (C=O) groups excluding carboxylic acids is 1. The van der Waals surface area contributed by atoms with Crippen LogP contribution in [-0.4, -0.2) is 15.7 Å². The summed E-state index contributed by atoms with van der Waals surface area (Å²) in [4.78, 5) is 14.2. The van der Waals surface area contributed by atoms with Crippen molar-refractivity contribution in [1.82, 2.24) is 9.78 Å². The largest absolute Gasteiger partial charge is 0.422 e. The summed E-state index contributed by atoms with van der Waals surface area (Å²) in [7, 11) is 1.87. The lowest BCUT2D eigenvalue weighted by molar-refractivity contribution is 0.0740. The van der Waals surface area contributed by atoms with Crippen LogP contribution in [0.25, 0.3) is 21.5 Å². The number of fused-ring (bicyclic) bond motifs is 1. The van der Waals surface area contributed by atoms with Crippen molar-refractivity contribution in [2.45, 2.75) is 13.8 Å². The number of nitrogens with zero attached hydrogens (tertiary/aromatic N) is 2. The quantitative estimate of drug-likeness (QED) is 0.249. The van der Waals surface area contributed by atoms with Crippen LogP contribution in [-0.2, 0) is 7.05 Å². The first kappa shape index (κ1) is 19.2. The van der Waals surface area contributed by atoms with Gasteiger partial charge in [-0.25, -0.2) is 4.79 Å². The van der Waals surface area contributed by atoms with E-state index in [4.69, 9.17) is 16.3 Å². The van der Waals surface area contributed by atoms with E-state index in [2.05, 4.69) is 21.0 Å². The van der Waals surface area contributed by atoms with Crippen LogP contribution in [0.15, 0.2) is 46.9 Å². The number of esters is 1.